The molecular formula is C16H21N5O5. The molecule has 26 heavy (non-hydrogen) atoms. The maximum atomic E-state index is 12.1. The number of aliphatic hydroxyl groups excluding tert-OH is 1. The number of rotatable bonds is 7. The summed E-state index contributed by atoms with van der Waals surface area (Å²) in [6.45, 7) is 0.449. The van der Waals surface area contributed by atoms with Gasteiger partial charge in [0.2, 0.25) is 5.91 Å². The number of carboxylic acid groups (broad SMARTS) is 1. The zero-order chi connectivity index (χ0) is 18.9. The standard InChI is InChI=1S/C16H21N5O5/c22-12-7-19-16(20-8-12)21-11-3-1-2-10(6-11)15(26)18-9-13(23)17-5-4-14(24)25/h1-3,6,12,22H,4-5,7-9H2,(H,17,23)(H,18,26)(H,24,25)(H2,19,20,21). The Kier molecular flexibility index (Phi) is 6.92. The second kappa shape index (κ2) is 9.37. The first kappa shape index (κ1) is 19.2. The first-order valence-electron chi connectivity index (χ1n) is 8.04. The summed E-state index contributed by atoms with van der Waals surface area (Å²) in [5.74, 6) is -1.40. The van der Waals surface area contributed by atoms with E-state index in [0.29, 0.717) is 30.3 Å². The monoisotopic (exact) mass is 363 g/mol. The van der Waals surface area contributed by atoms with Crippen molar-refractivity contribution in [3.63, 3.8) is 0 Å². The molecule has 1 aromatic rings. The Balaban J connectivity index is 1.83. The van der Waals surface area contributed by atoms with Gasteiger partial charge in [0.25, 0.3) is 5.91 Å². The van der Waals surface area contributed by atoms with Gasteiger partial charge in [-0.25, -0.2) is 0 Å². The Hall–Kier alpha value is -3.14. The highest BCUT2D eigenvalue weighted by atomic mass is 16.4. The molecule has 6 N–H and O–H groups in total. The highest BCUT2D eigenvalue weighted by Gasteiger charge is 2.13. The van der Waals surface area contributed by atoms with Gasteiger partial charge < -0.3 is 31.5 Å². The number of carboxylic acids is 1. The number of carbonyl (C=O) groups excluding carboxylic acids is 2. The topological polar surface area (TPSA) is 152 Å². The van der Waals surface area contributed by atoms with Gasteiger partial charge in [0.1, 0.15) is 0 Å². The molecule has 1 unspecified atom stereocenters. The first-order valence-corrected chi connectivity index (χ1v) is 8.04. The average Bonchev–Trinajstić information content (AvgIpc) is 2.61. The lowest BCUT2D eigenvalue weighted by Gasteiger charge is -2.20. The van der Waals surface area contributed by atoms with Crippen LogP contribution in [-0.2, 0) is 9.59 Å². The maximum Gasteiger partial charge on any atom is 0.305 e. The van der Waals surface area contributed by atoms with E-state index >= 15 is 0 Å². The van der Waals surface area contributed by atoms with E-state index in [1.165, 1.54) is 0 Å². The van der Waals surface area contributed by atoms with Gasteiger partial charge in [-0.2, -0.15) is 0 Å². The minimum absolute atomic E-state index is 0.00719. The third-order valence-corrected chi connectivity index (χ3v) is 3.42. The Morgan fingerprint density at radius 1 is 1.27 bits per heavy atom. The van der Waals surface area contributed by atoms with Crippen molar-refractivity contribution in [2.24, 2.45) is 4.99 Å². The van der Waals surface area contributed by atoms with Crippen LogP contribution >= 0.6 is 0 Å². The summed E-state index contributed by atoms with van der Waals surface area (Å²) in [6, 6.07) is 6.64. The molecule has 0 aromatic heterocycles. The lowest BCUT2D eigenvalue weighted by Crippen LogP contribution is -2.42. The molecule has 10 nitrogen and oxygen atoms in total. The minimum Gasteiger partial charge on any atom is -0.481 e. The molecular weight excluding hydrogens is 342 g/mol. The smallest absolute Gasteiger partial charge is 0.305 e. The van der Waals surface area contributed by atoms with Gasteiger partial charge in [0, 0.05) is 24.3 Å². The summed E-state index contributed by atoms with van der Waals surface area (Å²) in [6.07, 6.45) is -0.693. The maximum absolute atomic E-state index is 12.1. The summed E-state index contributed by atoms with van der Waals surface area (Å²) in [4.78, 5) is 38.2. The molecule has 1 aliphatic rings. The van der Waals surface area contributed by atoms with Crippen molar-refractivity contribution in [2.45, 2.75) is 12.5 Å². The number of anilines is 1. The lowest BCUT2D eigenvalue weighted by atomic mass is 10.2. The predicted octanol–water partition coefficient (Wildman–Crippen LogP) is -1.26. The SMILES string of the molecule is O=C(O)CCNC(=O)CNC(=O)c1cccc(NC2=NCC(O)CN2)c1. The molecule has 140 valence electrons. The van der Waals surface area contributed by atoms with Crippen LogP contribution in [0.2, 0.25) is 0 Å². The van der Waals surface area contributed by atoms with E-state index in [1.807, 2.05) is 0 Å². The molecule has 0 saturated heterocycles. The van der Waals surface area contributed by atoms with E-state index in [0.717, 1.165) is 0 Å². The molecule has 0 aliphatic carbocycles. The molecule has 1 atom stereocenters. The lowest BCUT2D eigenvalue weighted by molar-refractivity contribution is -0.136. The van der Waals surface area contributed by atoms with Crippen LogP contribution in [0.1, 0.15) is 16.8 Å². The van der Waals surface area contributed by atoms with Crippen LogP contribution in [0.25, 0.3) is 0 Å². The third kappa shape index (κ3) is 6.40. The van der Waals surface area contributed by atoms with E-state index < -0.39 is 23.9 Å². The molecule has 2 rings (SSSR count). The number of benzene rings is 1. The van der Waals surface area contributed by atoms with E-state index in [4.69, 9.17) is 5.11 Å². The number of nitrogens with zero attached hydrogens (tertiary/aromatic N) is 1. The number of aliphatic imine (C=N–C) groups is 1. The largest absolute Gasteiger partial charge is 0.481 e. The number of β-amino-alcohol motifs (C(OH)–C–C–N with tert-alkyl or cyclic N) is 1. The van der Waals surface area contributed by atoms with E-state index in [-0.39, 0.29) is 19.5 Å². The van der Waals surface area contributed by atoms with Gasteiger partial charge in [-0.3, -0.25) is 19.4 Å². The van der Waals surface area contributed by atoms with Crippen molar-refractivity contribution in [2.75, 3.05) is 31.5 Å². The number of hydrogen-bond acceptors (Lipinski definition) is 7. The fourth-order valence-corrected chi connectivity index (χ4v) is 2.12. The van der Waals surface area contributed by atoms with Crippen LogP contribution in [0.3, 0.4) is 0 Å². The number of carbonyl (C=O) groups is 3. The minimum atomic E-state index is -1.01. The van der Waals surface area contributed by atoms with Crippen molar-refractivity contribution in [3.8, 4) is 0 Å². The zero-order valence-corrected chi connectivity index (χ0v) is 14.0. The molecule has 0 fully saturated rings. The van der Waals surface area contributed by atoms with Gasteiger partial charge in [-0.15, -0.1) is 0 Å². The molecule has 1 heterocycles. The van der Waals surface area contributed by atoms with Crippen molar-refractivity contribution >= 4 is 29.4 Å². The normalized spacial score (nSPS) is 16.0. The molecule has 10 heteroatoms. The predicted molar refractivity (Wildman–Crippen MR) is 94.0 cm³/mol. The fraction of sp³-hybridized carbons (Fsp3) is 0.375. The van der Waals surface area contributed by atoms with Crippen molar-refractivity contribution in [1.29, 1.82) is 0 Å². The number of nitrogens with one attached hydrogen (secondary N) is 4. The van der Waals surface area contributed by atoms with Crippen LogP contribution < -0.4 is 21.3 Å². The van der Waals surface area contributed by atoms with Gasteiger partial charge in [-0.1, -0.05) is 6.07 Å². The summed E-state index contributed by atoms with van der Waals surface area (Å²) in [5, 5.41) is 28.7. The Morgan fingerprint density at radius 3 is 2.77 bits per heavy atom. The quantitative estimate of drug-likeness (QED) is 0.354. The number of aliphatic carboxylic acids is 1. The Bertz CT molecular complexity index is 706. The van der Waals surface area contributed by atoms with Gasteiger partial charge in [0.15, 0.2) is 5.96 Å². The summed E-state index contributed by atoms with van der Waals surface area (Å²) in [5.41, 5.74) is 0.982. The molecule has 0 radical (unpaired) electrons. The highest BCUT2D eigenvalue weighted by Crippen LogP contribution is 2.11. The summed E-state index contributed by atoms with van der Waals surface area (Å²) in [7, 11) is 0. The molecule has 0 spiro atoms. The first-order chi connectivity index (χ1) is 12.4. The van der Waals surface area contributed by atoms with Crippen molar-refractivity contribution < 1.29 is 24.6 Å². The average molecular weight is 363 g/mol. The van der Waals surface area contributed by atoms with Crippen molar-refractivity contribution in [1.82, 2.24) is 16.0 Å². The van der Waals surface area contributed by atoms with Crippen LogP contribution in [0, 0.1) is 0 Å². The Morgan fingerprint density at radius 2 is 2.08 bits per heavy atom. The number of amides is 2. The third-order valence-electron chi connectivity index (χ3n) is 3.42. The Labute approximate surface area is 149 Å². The number of hydrogen-bond donors (Lipinski definition) is 6. The molecule has 0 bridgehead atoms. The molecule has 2 amide bonds. The molecule has 1 aromatic carbocycles. The highest BCUT2D eigenvalue weighted by molar-refractivity contribution is 5.99. The number of aliphatic hydroxyl groups is 1. The second-order valence-electron chi connectivity index (χ2n) is 5.61. The number of guanidine groups is 1. The van der Waals surface area contributed by atoms with Crippen LogP contribution in [0.4, 0.5) is 5.69 Å². The summed E-state index contributed by atoms with van der Waals surface area (Å²) >= 11 is 0. The van der Waals surface area contributed by atoms with E-state index in [9.17, 15) is 19.5 Å². The zero-order valence-electron chi connectivity index (χ0n) is 14.0. The molecule has 1 aliphatic heterocycles. The van der Waals surface area contributed by atoms with Crippen LogP contribution in [-0.4, -0.2) is 66.2 Å². The summed E-state index contributed by atoms with van der Waals surface area (Å²) < 4.78 is 0. The van der Waals surface area contributed by atoms with Crippen LogP contribution in [0.5, 0.6) is 0 Å². The van der Waals surface area contributed by atoms with Gasteiger partial charge in [-0.05, 0) is 18.2 Å². The van der Waals surface area contributed by atoms with Gasteiger partial charge >= 0.3 is 5.97 Å². The van der Waals surface area contributed by atoms with E-state index in [1.54, 1.807) is 24.3 Å². The fourth-order valence-electron chi connectivity index (χ4n) is 2.12. The van der Waals surface area contributed by atoms with Gasteiger partial charge in [0.05, 0.1) is 25.6 Å². The van der Waals surface area contributed by atoms with Crippen molar-refractivity contribution in [3.05, 3.63) is 29.8 Å². The molecule has 0 saturated carbocycles. The second-order valence-corrected chi connectivity index (χ2v) is 5.61. The van der Waals surface area contributed by atoms with Crippen LogP contribution in [0.15, 0.2) is 29.3 Å². The van der Waals surface area contributed by atoms with E-state index in [2.05, 4.69) is 26.3 Å².